The summed E-state index contributed by atoms with van der Waals surface area (Å²) in [6.07, 6.45) is 0.955. The molecule has 1 aromatic rings. The first-order valence-corrected chi connectivity index (χ1v) is 6.75. The van der Waals surface area contributed by atoms with Gasteiger partial charge < -0.3 is 10.4 Å². The molecule has 0 radical (unpaired) electrons. The van der Waals surface area contributed by atoms with Crippen LogP contribution in [-0.2, 0) is 9.59 Å². The zero-order chi connectivity index (χ0) is 14.9. The second-order valence-electron chi connectivity index (χ2n) is 5.22. The highest BCUT2D eigenvalue weighted by Crippen LogP contribution is 2.37. The predicted molar refractivity (Wildman–Crippen MR) is 73.1 cm³/mol. The molecule has 3 atom stereocenters. The Morgan fingerprint density at radius 2 is 2.00 bits per heavy atom. The van der Waals surface area contributed by atoms with Crippen molar-refractivity contribution in [3.05, 3.63) is 29.0 Å². The smallest absolute Gasteiger partial charge is 0.307 e. The first-order valence-electron chi connectivity index (χ1n) is 6.37. The van der Waals surface area contributed by atoms with Crippen molar-refractivity contribution in [2.24, 2.45) is 17.8 Å². The highest BCUT2D eigenvalue weighted by atomic mass is 35.5. The van der Waals surface area contributed by atoms with Crippen molar-refractivity contribution in [2.45, 2.75) is 19.8 Å². The number of carboxylic acids is 1. The number of benzene rings is 1. The molecule has 2 N–H and O–H groups in total. The Hall–Kier alpha value is -1.62. The van der Waals surface area contributed by atoms with E-state index in [-0.39, 0.29) is 16.6 Å². The van der Waals surface area contributed by atoms with Crippen molar-refractivity contribution in [3.8, 4) is 0 Å². The molecule has 1 aliphatic rings. The number of aliphatic carboxylic acids is 1. The van der Waals surface area contributed by atoms with Gasteiger partial charge in [-0.2, -0.15) is 0 Å². The van der Waals surface area contributed by atoms with E-state index in [1.54, 1.807) is 0 Å². The number of anilines is 1. The van der Waals surface area contributed by atoms with Crippen molar-refractivity contribution in [2.75, 3.05) is 5.32 Å². The van der Waals surface area contributed by atoms with Gasteiger partial charge in [-0.3, -0.25) is 9.59 Å². The van der Waals surface area contributed by atoms with E-state index in [4.69, 9.17) is 16.7 Å². The summed E-state index contributed by atoms with van der Waals surface area (Å²) in [6, 6.07) is 4.30. The van der Waals surface area contributed by atoms with Crippen molar-refractivity contribution in [3.63, 3.8) is 0 Å². The number of rotatable bonds is 3. The Morgan fingerprint density at radius 1 is 1.35 bits per heavy atom. The van der Waals surface area contributed by atoms with E-state index in [2.05, 4.69) is 5.32 Å². The zero-order valence-electron chi connectivity index (χ0n) is 10.9. The third-order valence-electron chi connectivity index (χ3n) is 3.66. The minimum atomic E-state index is -0.985. The van der Waals surface area contributed by atoms with E-state index >= 15 is 0 Å². The Kier molecular flexibility index (Phi) is 4.28. The standard InChI is InChI=1S/C14H15ClFNO3/c1-7-5-8(9(6-7)14(19)20)13(18)17-11-4-2-3-10(15)12(11)16/h2-4,7-9H,5-6H2,1H3,(H,17,18)(H,19,20)/t7?,8-,9+/m0/s1. The van der Waals surface area contributed by atoms with Gasteiger partial charge in [0.05, 0.1) is 22.5 Å². The molecule has 0 heterocycles. The fourth-order valence-corrected chi connectivity index (χ4v) is 2.85. The van der Waals surface area contributed by atoms with E-state index in [0.717, 1.165) is 0 Å². The fourth-order valence-electron chi connectivity index (χ4n) is 2.68. The monoisotopic (exact) mass is 299 g/mol. The topological polar surface area (TPSA) is 66.4 Å². The molecule has 20 heavy (non-hydrogen) atoms. The van der Waals surface area contributed by atoms with Gasteiger partial charge in [0.15, 0.2) is 5.82 Å². The largest absolute Gasteiger partial charge is 0.481 e. The van der Waals surface area contributed by atoms with Crippen molar-refractivity contribution < 1.29 is 19.1 Å². The maximum atomic E-state index is 13.7. The molecule has 0 aromatic heterocycles. The van der Waals surface area contributed by atoms with Crippen LogP contribution in [0, 0.1) is 23.6 Å². The second-order valence-corrected chi connectivity index (χ2v) is 5.63. The Morgan fingerprint density at radius 3 is 2.65 bits per heavy atom. The molecule has 1 fully saturated rings. The van der Waals surface area contributed by atoms with Gasteiger partial charge in [-0.15, -0.1) is 0 Å². The van der Waals surface area contributed by atoms with Crippen molar-refractivity contribution in [1.29, 1.82) is 0 Å². The maximum absolute atomic E-state index is 13.7. The maximum Gasteiger partial charge on any atom is 0.307 e. The van der Waals surface area contributed by atoms with E-state index in [0.29, 0.717) is 12.8 Å². The molecule has 2 rings (SSSR count). The van der Waals surface area contributed by atoms with E-state index in [9.17, 15) is 14.0 Å². The predicted octanol–water partition coefficient (Wildman–Crippen LogP) is 3.16. The van der Waals surface area contributed by atoms with Crippen LogP contribution in [0.15, 0.2) is 18.2 Å². The van der Waals surface area contributed by atoms with Crippen LogP contribution in [-0.4, -0.2) is 17.0 Å². The Labute approximate surface area is 120 Å². The lowest BCUT2D eigenvalue weighted by Crippen LogP contribution is -2.30. The minimum Gasteiger partial charge on any atom is -0.481 e. The summed E-state index contributed by atoms with van der Waals surface area (Å²) in [5.41, 5.74) is -0.0220. The number of carboxylic acid groups (broad SMARTS) is 1. The zero-order valence-corrected chi connectivity index (χ0v) is 11.7. The molecule has 0 saturated heterocycles. The summed E-state index contributed by atoms with van der Waals surface area (Å²) in [4.78, 5) is 23.3. The molecule has 0 aliphatic heterocycles. The molecule has 1 unspecified atom stereocenters. The fraction of sp³-hybridized carbons (Fsp3) is 0.429. The summed E-state index contributed by atoms with van der Waals surface area (Å²) in [5.74, 6) is -3.35. The van der Waals surface area contributed by atoms with Crippen molar-refractivity contribution in [1.82, 2.24) is 0 Å². The summed E-state index contributed by atoms with van der Waals surface area (Å²) in [6.45, 7) is 1.91. The van der Waals surface area contributed by atoms with E-state index in [1.165, 1.54) is 18.2 Å². The highest BCUT2D eigenvalue weighted by molar-refractivity contribution is 6.31. The molecular formula is C14H15ClFNO3. The quantitative estimate of drug-likeness (QED) is 0.901. The number of carbonyl (C=O) groups is 2. The molecule has 108 valence electrons. The van der Waals surface area contributed by atoms with Gasteiger partial charge in [0.1, 0.15) is 0 Å². The van der Waals surface area contributed by atoms with Crippen LogP contribution in [0.2, 0.25) is 5.02 Å². The third kappa shape index (κ3) is 2.93. The number of carbonyl (C=O) groups excluding carboxylic acids is 1. The van der Waals surface area contributed by atoms with Crippen LogP contribution >= 0.6 is 11.6 Å². The lowest BCUT2D eigenvalue weighted by atomic mass is 9.95. The first kappa shape index (κ1) is 14.8. The molecule has 1 aliphatic carbocycles. The first-order chi connectivity index (χ1) is 9.40. The van der Waals surface area contributed by atoms with Gasteiger partial charge >= 0.3 is 5.97 Å². The number of hydrogen-bond acceptors (Lipinski definition) is 2. The number of halogens is 2. The average molecular weight is 300 g/mol. The molecule has 4 nitrogen and oxygen atoms in total. The Balaban J connectivity index is 2.15. The van der Waals surface area contributed by atoms with Crippen LogP contribution in [0.1, 0.15) is 19.8 Å². The van der Waals surface area contributed by atoms with Gasteiger partial charge in [0.2, 0.25) is 5.91 Å². The number of hydrogen-bond donors (Lipinski definition) is 2. The minimum absolute atomic E-state index is 0.0220. The summed E-state index contributed by atoms with van der Waals surface area (Å²) in [7, 11) is 0. The molecule has 6 heteroatoms. The van der Waals surface area contributed by atoms with Crippen LogP contribution in [0.25, 0.3) is 0 Å². The lowest BCUT2D eigenvalue weighted by Gasteiger charge is -2.16. The lowest BCUT2D eigenvalue weighted by molar-refractivity contribution is -0.145. The highest BCUT2D eigenvalue weighted by Gasteiger charge is 2.41. The van der Waals surface area contributed by atoms with Crippen LogP contribution in [0.5, 0.6) is 0 Å². The molecule has 0 bridgehead atoms. The van der Waals surface area contributed by atoms with Crippen LogP contribution in [0.3, 0.4) is 0 Å². The van der Waals surface area contributed by atoms with Gasteiger partial charge in [-0.25, -0.2) is 4.39 Å². The van der Waals surface area contributed by atoms with Crippen molar-refractivity contribution >= 4 is 29.2 Å². The SMILES string of the molecule is CC1C[C@H](C(=O)Nc2cccc(Cl)c2F)[C@H](C(=O)O)C1. The van der Waals surface area contributed by atoms with Gasteiger partial charge in [-0.05, 0) is 30.9 Å². The normalized spacial score (nSPS) is 25.4. The summed E-state index contributed by atoms with van der Waals surface area (Å²) >= 11 is 5.64. The van der Waals surface area contributed by atoms with Gasteiger partial charge in [0.25, 0.3) is 0 Å². The third-order valence-corrected chi connectivity index (χ3v) is 3.95. The molecule has 1 aromatic carbocycles. The summed E-state index contributed by atoms with van der Waals surface area (Å²) in [5, 5.41) is 11.5. The number of nitrogens with one attached hydrogen (secondary N) is 1. The second kappa shape index (κ2) is 5.79. The van der Waals surface area contributed by atoms with Crippen LogP contribution < -0.4 is 5.32 Å². The van der Waals surface area contributed by atoms with Crippen LogP contribution in [0.4, 0.5) is 10.1 Å². The molecular weight excluding hydrogens is 285 g/mol. The average Bonchev–Trinajstić information content (AvgIpc) is 2.77. The molecule has 1 amide bonds. The number of amides is 1. The van der Waals surface area contributed by atoms with E-state index < -0.39 is 29.5 Å². The molecule has 1 saturated carbocycles. The summed E-state index contributed by atoms with van der Waals surface area (Å²) < 4.78 is 13.7. The molecule has 0 spiro atoms. The Bertz CT molecular complexity index is 549. The van der Waals surface area contributed by atoms with E-state index in [1.807, 2.05) is 6.92 Å². The van der Waals surface area contributed by atoms with Gasteiger partial charge in [-0.1, -0.05) is 24.6 Å². The van der Waals surface area contributed by atoms with Gasteiger partial charge in [0, 0.05) is 0 Å².